The molecular formula is C23H26FN3O. The van der Waals surface area contributed by atoms with Gasteiger partial charge in [-0.2, -0.15) is 0 Å². The Bertz CT molecular complexity index is 929. The molecule has 2 aromatic carbocycles. The number of rotatable bonds is 6. The van der Waals surface area contributed by atoms with Crippen molar-refractivity contribution in [2.24, 2.45) is 0 Å². The Balaban J connectivity index is 1.23. The Labute approximate surface area is 165 Å². The summed E-state index contributed by atoms with van der Waals surface area (Å²) in [4.78, 5) is 14.8. The van der Waals surface area contributed by atoms with E-state index in [4.69, 9.17) is 0 Å². The Hall–Kier alpha value is -2.66. The number of aromatic nitrogens is 1. The van der Waals surface area contributed by atoms with Crippen molar-refractivity contribution in [1.29, 1.82) is 0 Å². The number of benzene rings is 2. The van der Waals surface area contributed by atoms with Crippen molar-refractivity contribution in [1.82, 2.24) is 14.8 Å². The van der Waals surface area contributed by atoms with Gasteiger partial charge in [-0.25, -0.2) is 4.39 Å². The molecule has 0 unspecified atom stereocenters. The molecule has 1 fully saturated rings. The molecule has 5 heteroatoms. The topological polar surface area (TPSA) is 37.3 Å². The van der Waals surface area contributed by atoms with Crippen LogP contribution in [0.5, 0.6) is 0 Å². The summed E-state index contributed by atoms with van der Waals surface area (Å²) in [5, 5.41) is 4.17. The molecule has 146 valence electrons. The second-order valence-corrected chi connectivity index (χ2v) is 7.57. The SMILES string of the molecule is O=C(CCn1ccc2ccc(F)cc21)NC1CCN(Cc2ccccc2)CC1. The first-order valence-electron chi connectivity index (χ1n) is 9.97. The lowest BCUT2D eigenvalue weighted by Gasteiger charge is -2.32. The fourth-order valence-electron chi connectivity index (χ4n) is 3.95. The molecule has 0 atom stereocenters. The first-order valence-corrected chi connectivity index (χ1v) is 9.97. The summed E-state index contributed by atoms with van der Waals surface area (Å²) in [5.41, 5.74) is 2.17. The van der Waals surface area contributed by atoms with Crippen LogP contribution in [-0.4, -0.2) is 34.5 Å². The molecule has 28 heavy (non-hydrogen) atoms. The minimum absolute atomic E-state index is 0.0692. The van der Waals surface area contributed by atoms with Crippen LogP contribution in [0.25, 0.3) is 10.9 Å². The van der Waals surface area contributed by atoms with Gasteiger partial charge in [-0.05, 0) is 48.1 Å². The zero-order valence-corrected chi connectivity index (χ0v) is 16.0. The van der Waals surface area contributed by atoms with Gasteiger partial charge in [-0.1, -0.05) is 30.3 Å². The monoisotopic (exact) mass is 379 g/mol. The average Bonchev–Trinajstić information content (AvgIpc) is 3.11. The van der Waals surface area contributed by atoms with Gasteiger partial charge in [0, 0.05) is 44.8 Å². The van der Waals surface area contributed by atoms with E-state index in [1.165, 1.54) is 17.7 Å². The van der Waals surface area contributed by atoms with E-state index in [1.807, 2.05) is 22.9 Å². The number of nitrogens with zero attached hydrogens (tertiary/aromatic N) is 2. The molecule has 0 aliphatic carbocycles. The Morgan fingerprint density at radius 2 is 1.86 bits per heavy atom. The second-order valence-electron chi connectivity index (χ2n) is 7.57. The molecule has 0 saturated carbocycles. The van der Waals surface area contributed by atoms with E-state index in [1.54, 1.807) is 6.07 Å². The first kappa shape index (κ1) is 18.7. The number of nitrogens with one attached hydrogen (secondary N) is 1. The third-order valence-electron chi connectivity index (χ3n) is 5.52. The summed E-state index contributed by atoms with van der Waals surface area (Å²) >= 11 is 0. The third kappa shape index (κ3) is 4.60. The predicted molar refractivity (Wildman–Crippen MR) is 109 cm³/mol. The minimum Gasteiger partial charge on any atom is -0.353 e. The van der Waals surface area contributed by atoms with Crippen LogP contribution in [0, 0.1) is 5.82 Å². The van der Waals surface area contributed by atoms with Crippen LogP contribution in [0.2, 0.25) is 0 Å². The maximum absolute atomic E-state index is 13.5. The lowest BCUT2D eigenvalue weighted by Crippen LogP contribution is -2.44. The number of aryl methyl sites for hydroxylation is 1. The van der Waals surface area contributed by atoms with Crippen molar-refractivity contribution >= 4 is 16.8 Å². The van der Waals surface area contributed by atoms with E-state index in [0.717, 1.165) is 43.4 Å². The number of amides is 1. The quantitative estimate of drug-likeness (QED) is 0.704. The summed E-state index contributed by atoms with van der Waals surface area (Å²) in [7, 11) is 0. The van der Waals surface area contributed by atoms with Gasteiger partial charge < -0.3 is 9.88 Å². The van der Waals surface area contributed by atoms with E-state index in [-0.39, 0.29) is 17.8 Å². The van der Waals surface area contributed by atoms with Gasteiger partial charge in [-0.3, -0.25) is 9.69 Å². The van der Waals surface area contributed by atoms with Crippen LogP contribution >= 0.6 is 0 Å². The average molecular weight is 379 g/mol. The number of carbonyl (C=O) groups is 1. The van der Waals surface area contributed by atoms with Crippen molar-refractivity contribution < 1.29 is 9.18 Å². The molecule has 1 saturated heterocycles. The molecule has 2 heterocycles. The van der Waals surface area contributed by atoms with Crippen LogP contribution in [0.1, 0.15) is 24.8 Å². The second kappa shape index (κ2) is 8.57. The van der Waals surface area contributed by atoms with Gasteiger partial charge in [0.2, 0.25) is 5.91 Å². The summed E-state index contributed by atoms with van der Waals surface area (Å²) < 4.78 is 15.4. The summed E-state index contributed by atoms with van der Waals surface area (Å²) in [6, 6.07) is 17.5. The fraction of sp³-hybridized carbons (Fsp3) is 0.348. The molecule has 4 rings (SSSR count). The molecule has 0 bridgehead atoms. The van der Waals surface area contributed by atoms with Gasteiger partial charge in [0.1, 0.15) is 5.82 Å². The highest BCUT2D eigenvalue weighted by Gasteiger charge is 2.20. The van der Waals surface area contributed by atoms with Crippen molar-refractivity contribution in [3.63, 3.8) is 0 Å². The van der Waals surface area contributed by atoms with Crippen LogP contribution in [0.15, 0.2) is 60.8 Å². The first-order chi connectivity index (χ1) is 13.7. The van der Waals surface area contributed by atoms with Gasteiger partial charge in [0.25, 0.3) is 0 Å². The molecule has 1 aliphatic heterocycles. The van der Waals surface area contributed by atoms with Crippen molar-refractivity contribution in [2.75, 3.05) is 13.1 Å². The third-order valence-corrected chi connectivity index (χ3v) is 5.52. The molecular weight excluding hydrogens is 353 g/mol. The maximum atomic E-state index is 13.5. The summed E-state index contributed by atoms with van der Waals surface area (Å²) in [5.74, 6) is -0.182. The Morgan fingerprint density at radius 3 is 2.64 bits per heavy atom. The fourth-order valence-corrected chi connectivity index (χ4v) is 3.95. The summed E-state index contributed by atoms with van der Waals surface area (Å²) in [6.07, 6.45) is 4.29. The Morgan fingerprint density at radius 1 is 1.07 bits per heavy atom. The highest BCUT2D eigenvalue weighted by Crippen LogP contribution is 2.18. The van der Waals surface area contributed by atoms with Crippen LogP contribution < -0.4 is 5.32 Å². The molecule has 0 radical (unpaired) electrons. The van der Waals surface area contributed by atoms with Crippen molar-refractivity contribution in [2.45, 2.75) is 38.4 Å². The largest absolute Gasteiger partial charge is 0.353 e. The number of carbonyl (C=O) groups excluding carboxylic acids is 1. The lowest BCUT2D eigenvalue weighted by molar-refractivity contribution is -0.122. The Kier molecular flexibility index (Phi) is 5.72. The molecule has 1 N–H and O–H groups in total. The summed E-state index contributed by atoms with van der Waals surface area (Å²) in [6.45, 7) is 3.53. The van der Waals surface area contributed by atoms with E-state index >= 15 is 0 Å². The maximum Gasteiger partial charge on any atom is 0.222 e. The predicted octanol–water partition coefficient (Wildman–Crippen LogP) is 3.95. The van der Waals surface area contributed by atoms with Crippen LogP contribution in [0.4, 0.5) is 4.39 Å². The standard InChI is InChI=1S/C23H26FN3O/c24-20-7-6-19-8-14-27(22(19)16-20)15-11-23(28)25-21-9-12-26(13-10-21)17-18-4-2-1-3-5-18/h1-8,14,16,21H,9-13,15,17H2,(H,25,28). The zero-order valence-electron chi connectivity index (χ0n) is 16.0. The van der Waals surface area contributed by atoms with Gasteiger partial charge >= 0.3 is 0 Å². The number of halogens is 1. The minimum atomic E-state index is -0.251. The number of hydrogen-bond donors (Lipinski definition) is 1. The normalized spacial score (nSPS) is 15.8. The van der Waals surface area contributed by atoms with Crippen LogP contribution in [0.3, 0.4) is 0 Å². The number of hydrogen-bond acceptors (Lipinski definition) is 2. The number of likely N-dealkylation sites (tertiary alicyclic amines) is 1. The molecule has 3 aromatic rings. The van der Waals surface area contributed by atoms with Crippen molar-refractivity contribution in [3.8, 4) is 0 Å². The molecule has 1 aliphatic rings. The molecule has 1 aromatic heterocycles. The van der Waals surface area contributed by atoms with Crippen molar-refractivity contribution in [3.05, 3.63) is 72.2 Å². The zero-order chi connectivity index (χ0) is 19.3. The molecule has 0 spiro atoms. The molecule has 1 amide bonds. The number of fused-ring (bicyclic) bond motifs is 1. The van der Waals surface area contributed by atoms with E-state index < -0.39 is 0 Å². The number of piperidine rings is 1. The lowest BCUT2D eigenvalue weighted by atomic mass is 10.0. The van der Waals surface area contributed by atoms with Gasteiger partial charge in [0.05, 0.1) is 5.52 Å². The highest BCUT2D eigenvalue weighted by atomic mass is 19.1. The van der Waals surface area contributed by atoms with E-state index in [0.29, 0.717) is 13.0 Å². The van der Waals surface area contributed by atoms with E-state index in [9.17, 15) is 9.18 Å². The van der Waals surface area contributed by atoms with Crippen LogP contribution in [-0.2, 0) is 17.9 Å². The van der Waals surface area contributed by atoms with E-state index in [2.05, 4.69) is 34.5 Å². The molecule has 4 nitrogen and oxygen atoms in total. The highest BCUT2D eigenvalue weighted by molar-refractivity contribution is 5.80. The smallest absolute Gasteiger partial charge is 0.222 e. The van der Waals surface area contributed by atoms with Gasteiger partial charge in [0.15, 0.2) is 0 Å². The van der Waals surface area contributed by atoms with Gasteiger partial charge in [-0.15, -0.1) is 0 Å².